The number of hydrogen-bond donors (Lipinski definition) is 0. The molecule has 0 radical (unpaired) electrons. The summed E-state index contributed by atoms with van der Waals surface area (Å²) >= 11 is 11.0. The number of thiocarbonyl (C=S) groups is 1. The highest BCUT2D eigenvalue weighted by Gasteiger charge is 2.27. The summed E-state index contributed by atoms with van der Waals surface area (Å²) in [7, 11) is 3.45. The lowest BCUT2D eigenvalue weighted by Gasteiger charge is -2.19. The maximum atomic E-state index is 5.96. The monoisotopic (exact) mass is 255 g/mol. The van der Waals surface area contributed by atoms with Gasteiger partial charge in [-0.05, 0) is 30.4 Å². The van der Waals surface area contributed by atoms with Gasteiger partial charge < -0.3 is 9.64 Å². The number of halogens is 1. The molecule has 16 heavy (non-hydrogen) atoms. The molecule has 6 heteroatoms. The van der Waals surface area contributed by atoms with Gasteiger partial charge in [0.1, 0.15) is 5.75 Å². The third kappa shape index (κ3) is 1.88. The van der Waals surface area contributed by atoms with Gasteiger partial charge in [0.05, 0.1) is 7.11 Å². The van der Waals surface area contributed by atoms with E-state index in [-0.39, 0.29) is 6.17 Å². The Bertz CT molecular complexity index is 463. The van der Waals surface area contributed by atoms with E-state index in [9.17, 15) is 0 Å². The minimum atomic E-state index is -0.249. The topological polar surface area (TPSA) is 37.2 Å². The molecule has 0 saturated heterocycles. The first kappa shape index (κ1) is 11.3. The highest BCUT2D eigenvalue weighted by atomic mass is 35.5. The van der Waals surface area contributed by atoms with Gasteiger partial charge in [0.2, 0.25) is 5.11 Å². The zero-order valence-electron chi connectivity index (χ0n) is 8.85. The van der Waals surface area contributed by atoms with E-state index in [2.05, 4.69) is 10.2 Å². The molecule has 0 spiro atoms. The summed E-state index contributed by atoms with van der Waals surface area (Å²) in [4.78, 5) is 1.80. The first-order valence-electron chi connectivity index (χ1n) is 4.64. The number of nitrogens with zero attached hydrogens (tertiary/aromatic N) is 3. The van der Waals surface area contributed by atoms with Crippen LogP contribution >= 0.6 is 23.8 Å². The lowest BCUT2D eigenvalue weighted by molar-refractivity contribution is 0.370. The molecule has 1 heterocycles. The quantitative estimate of drug-likeness (QED) is 0.763. The van der Waals surface area contributed by atoms with E-state index >= 15 is 0 Å². The average molecular weight is 256 g/mol. The van der Waals surface area contributed by atoms with Crippen LogP contribution in [0.1, 0.15) is 11.7 Å². The molecular formula is C10H10ClN3OS. The molecule has 1 aromatic rings. The van der Waals surface area contributed by atoms with Gasteiger partial charge in [-0.3, -0.25) is 0 Å². The number of hydrogen-bond acceptors (Lipinski definition) is 3. The van der Waals surface area contributed by atoms with E-state index in [4.69, 9.17) is 28.6 Å². The maximum Gasteiger partial charge on any atom is 0.217 e. The fourth-order valence-electron chi connectivity index (χ4n) is 1.53. The van der Waals surface area contributed by atoms with Gasteiger partial charge in [0, 0.05) is 17.6 Å². The molecular weight excluding hydrogens is 246 g/mol. The van der Waals surface area contributed by atoms with Crippen molar-refractivity contribution in [2.45, 2.75) is 6.17 Å². The Hall–Kier alpha value is -1.20. The van der Waals surface area contributed by atoms with Crippen LogP contribution in [-0.4, -0.2) is 24.2 Å². The third-order valence-corrected chi connectivity index (χ3v) is 3.00. The summed E-state index contributed by atoms with van der Waals surface area (Å²) in [6.07, 6.45) is -0.249. The molecule has 0 saturated carbocycles. The average Bonchev–Trinajstić information content (AvgIpc) is 2.60. The van der Waals surface area contributed by atoms with Crippen LogP contribution in [0.3, 0.4) is 0 Å². The molecule has 0 bridgehead atoms. The standard InChI is InChI=1S/C10H10ClN3OS/c1-14-9(12-13-10(14)16)7-5-6(11)3-4-8(7)15-2/h3-5,9H,1-2H3. The Kier molecular flexibility index (Phi) is 3.07. The van der Waals surface area contributed by atoms with Crippen molar-refractivity contribution in [1.29, 1.82) is 0 Å². The summed E-state index contributed by atoms with van der Waals surface area (Å²) < 4.78 is 5.27. The molecule has 1 aliphatic heterocycles. The molecule has 0 aliphatic carbocycles. The Balaban J connectivity index is 2.43. The van der Waals surface area contributed by atoms with E-state index in [1.165, 1.54) is 0 Å². The van der Waals surface area contributed by atoms with Crippen LogP contribution in [0.15, 0.2) is 28.4 Å². The van der Waals surface area contributed by atoms with Crippen molar-refractivity contribution >= 4 is 28.9 Å². The lowest BCUT2D eigenvalue weighted by atomic mass is 10.1. The SMILES string of the molecule is COc1ccc(Cl)cc1C1N=NC(=S)N1C. The van der Waals surface area contributed by atoms with Crippen molar-refractivity contribution in [2.24, 2.45) is 10.2 Å². The van der Waals surface area contributed by atoms with Crippen molar-refractivity contribution in [3.8, 4) is 5.75 Å². The summed E-state index contributed by atoms with van der Waals surface area (Å²) in [6, 6.07) is 5.39. The minimum Gasteiger partial charge on any atom is -0.496 e. The Morgan fingerprint density at radius 2 is 2.25 bits per heavy atom. The lowest BCUT2D eigenvalue weighted by Crippen LogP contribution is -2.22. The van der Waals surface area contributed by atoms with E-state index in [0.717, 1.165) is 11.3 Å². The molecule has 1 aromatic carbocycles. The van der Waals surface area contributed by atoms with E-state index in [1.807, 2.05) is 19.2 Å². The van der Waals surface area contributed by atoms with Gasteiger partial charge in [-0.2, -0.15) is 5.11 Å². The molecule has 4 nitrogen and oxygen atoms in total. The predicted octanol–water partition coefficient (Wildman–Crippen LogP) is 3.03. The van der Waals surface area contributed by atoms with Crippen LogP contribution < -0.4 is 4.74 Å². The van der Waals surface area contributed by atoms with Crippen LogP contribution in [-0.2, 0) is 0 Å². The van der Waals surface area contributed by atoms with Crippen molar-refractivity contribution in [2.75, 3.05) is 14.2 Å². The highest BCUT2D eigenvalue weighted by Crippen LogP contribution is 2.35. The second kappa shape index (κ2) is 4.35. The number of ether oxygens (including phenoxy) is 1. The van der Waals surface area contributed by atoms with Crippen LogP contribution in [0, 0.1) is 0 Å². The third-order valence-electron chi connectivity index (χ3n) is 2.39. The Morgan fingerprint density at radius 1 is 1.50 bits per heavy atom. The molecule has 0 N–H and O–H groups in total. The fraction of sp³-hybridized carbons (Fsp3) is 0.300. The highest BCUT2D eigenvalue weighted by molar-refractivity contribution is 7.80. The smallest absolute Gasteiger partial charge is 0.217 e. The van der Waals surface area contributed by atoms with Gasteiger partial charge in [-0.25, -0.2) is 0 Å². The predicted molar refractivity (Wildman–Crippen MR) is 66.0 cm³/mol. The van der Waals surface area contributed by atoms with Gasteiger partial charge in [0.15, 0.2) is 6.17 Å². The maximum absolute atomic E-state index is 5.96. The molecule has 2 rings (SSSR count). The molecule has 0 fully saturated rings. The summed E-state index contributed by atoms with van der Waals surface area (Å²) in [5, 5.41) is 9.05. The fourth-order valence-corrected chi connectivity index (χ4v) is 1.86. The van der Waals surface area contributed by atoms with Gasteiger partial charge >= 0.3 is 0 Å². The number of benzene rings is 1. The van der Waals surface area contributed by atoms with Crippen molar-refractivity contribution in [3.05, 3.63) is 28.8 Å². The van der Waals surface area contributed by atoms with Crippen molar-refractivity contribution in [3.63, 3.8) is 0 Å². The second-order valence-electron chi connectivity index (χ2n) is 3.37. The van der Waals surface area contributed by atoms with E-state index < -0.39 is 0 Å². The first-order chi connectivity index (χ1) is 7.63. The van der Waals surface area contributed by atoms with E-state index in [0.29, 0.717) is 10.1 Å². The molecule has 84 valence electrons. The van der Waals surface area contributed by atoms with Gasteiger partial charge in [-0.15, -0.1) is 5.11 Å². The zero-order chi connectivity index (χ0) is 11.7. The van der Waals surface area contributed by atoms with Crippen LogP contribution in [0.25, 0.3) is 0 Å². The van der Waals surface area contributed by atoms with Crippen LogP contribution in [0.2, 0.25) is 5.02 Å². The first-order valence-corrected chi connectivity index (χ1v) is 5.43. The van der Waals surface area contributed by atoms with E-state index in [1.54, 1.807) is 18.1 Å². The Morgan fingerprint density at radius 3 is 2.81 bits per heavy atom. The van der Waals surface area contributed by atoms with Crippen molar-refractivity contribution in [1.82, 2.24) is 4.90 Å². The summed E-state index contributed by atoms with van der Waals surface area (Å²) in [6.45, 7) is 0. The summed E-state index contributed by atoms with van der Waals surface area (Å²) in [5.41, 5.74) is 0.862. The second-order valence-corrected chi connectivity index (χ2v) is 4.17. The molecule has 1 unspecified atom stereocenters. The number of azo groups is 1. The summed E-state index contributed by atoms with van der Waals surface area (Å²) in [5.74, 6) is 0.727. The normalized spacial score (nSPS) is 19.3. The van der Waals surface area contributed by atoms with Gasteiger partial charge in [-0.1, -0.05) is 11.6 Å². The van der Waals surface area contributed by atoms with Crippen LogP contribution in [0.5, 0.6) is 5.75 Å². The minimum absolute atomic E-state index is 0.249. The van der Waals surface area contributed by atoms with Crippen LogP contribution in [0.4, 0.5) is 0 Å². The molecule has 1 aliphatic rings. The molecule has 0 amide bonds. The number of methoxy groups -OCH3 is 1. The molecule has 1 atom stereocenters. The van der Waals surface area contributed by atoms with Crippen molar-refractivity contribution < 1.29 is 4.74 Å². The largest absolute Gasteiger partial charge is 0.496 e. The zero-order valence-corrected chi connectivity index (χ0v) is 10.4. The Labute approximate surface area is 104 Å². The number of rotatable bonds is 2. The van der Waals surface area contributed by atoms with Gasteiger partial charge in [0.25, 0.3) is 0 Å². The molecule has 0 aromatic heterocycles.